The number of carboxylic acid groups (broad SMARTS) is 1. The van der Waals surface area contributed by atoms with Crippen LogP contribution >= 0.6 is 0 Å². The van der Waals surface area contributed by atoms with Crippen LogP contribution in [0.1, 0.15) is 16.1 Å². The van der Waals surface area contributed by atoms with Crippen LogP contribution in [0.2, 0.25) is 0 Å². The van der Waals surface area contributed by atoms with E-state index in [1.165, 1.54) is 25.1 Å². The number of aryl methyl sites for hydroxylation is 1. The van der Waals surface area contributed by atoms with Crippen molar-refractivity contribution in [3.63, 3.8) is 0 Å². The first-order chi connectivity index (χ1) is 8.56. The average molecular weight is 248 g/mol. The number of carbonyl (C=O) groups is 1. The fraction of sp³-hybridized carbons (Fsp3) is 0.0833. The van der Waals surface area contributed by atoms with Crippen molar-refractivity contribution in [3.05, 3.63) is 47.5 Å². The number of aromatic nitrogens is 2. The third kappa shape index (κ3) is 2.60. The number of hydrogen-bond acceptors (Lipinski definition) is 4. The summed E-state index contributed by atoms with van der Waals surface area (Å²) in [4.78, 5) is 18.4. The quantitative estimate of drug-likeness (QED) is 0.902. The van der Waals surface area contributed by atoms with Gasteiger partial charge in [0, 0.05) is 12.3 Å². The minimum absolute atomic E-state index is 0.00147. The maximum Gasteiger partial charge on any atom is 0.339 e. The molecule has 0 aliphatic carbocycles. The third-order valence-electron chi connectivity index (χ3n) is 2.19. The van der Waals surface area contributed by atoms with E-state index in [4.69, 9.17) is 9.84 Å². The summed E-state index contributed by atoms with van der Waals surface area (Å²) in [5.74, 6) is -1.30. The molecule has 1 N–H and O–H groups in total. The van der Waals surface area contributed by atoms with Gasteiger partial charge in [-0.2, -0.15) is 4.98 Å². The van der Waals surface area contributed by atoms with Crippen LogP contribution in [0.3, 0.4) is 0 Å². The Hall–Kier alpha value is -2.50. The van der Waals surface area contributed by atoms with Crippen molar-refractivity contribution in [2.24, 2.45) is 0 Å². The highest BCUT2D eigenvalue weighted by Gasteiger charge is 2.11. The van der Waals surface area contributed by atoms with E-state index in [0.717, 1.165) is 6.20 Å². The molecule has 6 heteroatoms. The van der Waals surface area contributed by atoms with Gasteiger partial charge in [-0.3, -0.25) is 0 Å². The molecule has 2 rings (SSSR count). The first-order valence-corrected chi connectivity index (χ1v) is 5.06. The molecule has 0 atom stereocenters. The second-order valence-electron chi connectivity index (χ2n) is 3.52. The van der Waals surface area contributed by atoms with E-state index in [1.54, 1.807) is 6.07 Å². The first-order valence-electron chi connectivity index (χ1n) is 5.06. The van der Waals surface area contributed by atoms with Crippen molar-refractivity contribution in [2.75, 3.05) is 0 Å². The first kappa shape index (κ1) is 12.0. The lowest BCUT2D eigenvalue weighted by Gasteiger charge is -2.05. The van der Waals surface area contributed by atoms with Gasteiger partial charge in [0.15, 0.2) is 0 Å². The van der Waals surface area contributed by atoms with E-state index in [9.17, 15) is 9.18 Å². The SMILES string of the molecule is Cc1nc(Oc2cccc(F)c2)ncc1C(=O)O. The summed E-state index contributed by atoms with van der Waals surface area (Å²) in [6.07, 6.45) is 1.15. The summed E-state index contributed by atoms with van der Waals surface area (Å²) in [5.41, 5.74) is 0.283. The van der Waals surface area contributed by atoms with Gasteiger partial charge in [0.1, 0.15) is 11.6 Å². The summed E-state index contributed by atoms with van der Waals surface area (Å²) in [5, 5.41) is 8.81. The minimum Gasteiger partial charge on any atom is -0.478 e. The van der Waals surface area contributed by atoms with Gasteiger partial charge >= 0.3 is 12.0 Å². The molecule has 0 spiro atoms. The molecule has 2 aromatic rings. The van der Waals surface area contributed by atoms with Crippen LogP contribution in [0.5, 0.6) is 11.8 Å². The molecule has 0 unspecified atom stereocenters. The summed E-state index contributed by atoms with van der Waals surface area (Å²) >= 11 is 0. The van der Waals surface area contributed by atoms with E-state index >= 15 is 0 Å². The van der Waals surface area contributed by atoms with Crippen molar-refractivity contribution in [1.82, 2.24) is 9.97 Å². The van der Waals surface area contributed by atoms with Gasteiger partial charge in [0.2, 0.25) is 0 Å². The smallest absolute Gasteiger partial charge is 0.339 e. The van der Waals surface area contributed by atoms with Gasteiger partial charge in [0.05, 0.1) is 11.3 Å². The fourth-order valence-electron chi connectivity index (χ4n) is 1.34. The number of benzene rings is 1. The fourth-order valence-corrected chi connectivity index (χ4v) is 1.34. The molecular weight excluding hydrogens is 239 g/mol. The summed E-state index contributed by atoms with van der Waals surface area (Å²) in [7, 11) is 0. The van der Waals surface area contributed by atoms with Crippen LogP contribution < -0.4 is 4.74 Å². The molecule has 0 bridgehead atoms. The molecule has 1 aromatic carbocycles. The minimum atomic E-state index is -1.11. The Morgan fingerprint density at radius 2 is 2.22 bits per heavy atom. The number of hydrogen-bond donors (Lipinski definition) is 1. The van der Waals surface area contributed by atoms with Crippen LogP contribution in [0.4, 0.5) is 4.39 Å². The predicted octanol–water partition coefficient (Wildman–Crippen LogP) is 2.41. The van der Waals surface area contributed by atoms with Gasteiger partial charge in [-0.1, -0.05) is 6.07 Å². The van der Waals surface area contributed by atoms with E-state index in [2.05, 4.69) is 9.97 Å². The Labute approximate surface area is 102 Å². The highest BCUT2D eigenvalue weighted by atomic mass is 19.1. The summed E-state index contributed by atoms with van der Waals surface area (Å²) in [6, 6.07) is 5.48. The largest absolute Gasteiger partial charge is 0.478 e. The van der Waals surface area contributed by atoms with Crippen molar-refractivity contribution in [1.29, 1.82) is 0 Å². The maximum atomic E-state index is 12.9. The Morgan fingerprint density at radius 1 is 1.44 bits per heavy atom. The molecule has 0 aliphatic rings. The van der Waals surface area contributed by atoms with Crippen molar-refractivity contribution < 1.29 is 19.0 Å². The zero-order valence-corrected chi connectivity index (χ0v) is 9.42. The number of aromatic carboxylic acids is 1. The highest BCUT2D eigenvalue weighted by Crippen LogP contribution is 2.19. The molecule has 1 aromatic heterocycles. The lowest BCUT2D eigenvalue weighted by molar-refractivity contribution is 0.0695. The van der Waals surface area contributed by atoms with E-state index in [1.807, 2.05) is 0 Å². The number of rotatable bonds is 3. The van der Waals surface area contributed by atoms with Crippen molar-refractivity contribution in [2.45, 2.75) is 6.92 Å². The lowest BCUT2D eigenvalue weighted by atomic mass is 10.2. The molecule has 0 radical (unpaired) electrons. The Morgan fingerprint density at radius 3 is 2.83 bits per heavy atom. The Balaban J connectivity index is 2.25. The second kappa shape index (κ2) is 4.79. The van der Waals surface area contributed by atoms with Crippen LogP contribution in [-0.2, 0) is 0 Å². The van der Waals surface area contributed by atoms with Gasteiger partial charge in [-0.25, -0.2) is 14.2 Å². The maximum absolute atomic E-state index is 12.9. The third-order valence-corrected chi connectivity index (χ3v) is 2.19. The highest BCUT2D eigenvalue weighted by molar-refractivity contribution is 5.88. The van der Waals surface area contributed by atoms with Crippen LogP contribution in [0, 0.1) is 12.7 Å². The molecule has 0 fully saturated rings. The van der Waals surface area contributed by atoms with Gasteiger partial charge in [-0.05, 0) is 19.1 Å². The van der Waals surface area contributed by atoms with Crippen LogP contribution in [0.15, 0.2) is 30.5 Å². The number of ether oxygens (including phenoxy) is 1. The topological polar surface area (TPSA) is 72.3 Å². The molecule has 0 aliphatic heterocycles. The van der Waals surface area contributed by atoms with Crippen LogP contribution in [0.25, 0.3) is 0 Å². The van der Waals surface area contributed by atoms with Gasteiger partial charge < -0.3 is 9.84 Å². The Kier molecular flexibility index (Phi) is 3.18. The zero-order chi connectivity index (χ0) is 13.1. The standard InChI is InChI=1S/C12H9FN2O3/c1-7-10(11(16)17)6-14-12(15-7)18-9-4-2-3-8(13)5-9/h2-6H,1H3,(H,16,17). The number of nitrogens with zero attached hydrogens (tertiary/aromatic N) is 2. The predicted molar refractivity (Wildman–Crippen MR) is 60.2 cm³/mol. The second-order valence-corrected chi connectivity index (χ2v) is 3.52. The molecule has 0 saturated heterocycles. The Bertz CT molecular complexity index is 602. The van der Waals surface area contributed by atoms with Crippen molar-refractivity contribution in [3.8, 4) is 11.8 Å². The van der Waals surface area contributed by atoms with Crippen molar-refractivity contribution >= 4 is 5.97 Å². The summed E-state index contributed by atoms with van der Waals surface area (Å²) < 4.78 is 18.1. The molecule has 5 nitrogen and oxygen atoms in total. The number of halogens is 1. The van der Waals surface area contributed by atoms with Gasteiger partial charge in [-0.15, -0.1) is 0 Å². The molecule has 92 valence electrons. The van der Waals surface area contributed by atoms with E-state index in [0.29, 0.717) is 0 Å². The number of carboxylic acids is 1. The van der Waals surface area contributed by atoms with E-state index < -0.39 is 11.8 Å². The molecule has 18 heavy (non-hydrogen) atoms. The normalized spacial score (nSPS) is 10.1. The van der Waals surface area contributed by atoms with E-state index in [-0.39, 0.29) is 23.0 Å². The molecular formula is C12H9FN2O3. The summed E-state index contributed by atoms with van der Waals surface area (Å²) in [6.45, 7) is 1.53. The average Bonchev–Trinajstić information content (AvgIpc) is 2.28. The lowest BCUT2D eigenvalue weighted by Crippen LogP contribution is -2.04. The monoisotopic (exact) mass is 248 g/mol. The molecule has 1 heterocycles. The van der Waals surface area contributed by atoms with Crippen LogP contribution in [-0.4, -0.2) is 21.0 Å². The zero-order valence-electron chi connectivity index (χ0n) is 9.42. The molecule has 0 amide bonds. The van der Waals surface area contributed by atoms with Gasteiger partial charge in [0.25, 0.3) is 0 Å². The molecule has 0 saturated carbocycles.